The van der Waals surface area contributed by atoms with Crippen molar-refractivity contribution in [1.82, 2.24) is 9.62 Å². The summed E-state index contributed by atoms with van der Waals surface area (Å²) in [7, 11) is -4.00. The molecule has 0 fully saturated rings. The molecule has 5 nitrogen and oxygen atoms in total. The highest BCUT2D eigenvalue weighted by Crippen LogP contribution is 2.28. The van der Waals surface area contributed by atoms with E-state index in [1.165, 1.54) is 12.1 Å². The number of halogens is 3. The van der Waals surface area contributed by atoms with Gasteiger partial charge in [-0.05, 0) is 48.9 Å². The van der Waals surface area contributed by atoms with E-state index in [2.05, 4.69) is 5.32 Å². The number of nitrogens with zero attached hydrogens (tertiary/aromatic N) is 1. The van der Waals surface area contributed by atoms with Crippen molar-refractivity contribution in [3.63, 3.8) is 0 Å². The van der Waals surface area contributed by atoms with E-state index in [0.717, 1.165) is 15.4 Å². The Kier molecular flexibility index (Phi) is 8.20. The number of rotatable bonds is 8. The number of sulfonamides is 1. The van der Waals surface area contributed by atoms with Crippen molar-refractivity contribution in [2.75, 3.05) is 6.54 Å². The summed E-state index contributed by atoms with van der Waals surface area (Å²) in [5, 5.41) is 3.98. The maximum absolute atomic E-state index is 13.4. The maximum Gasteiger partial charge on any atom is 0.243 e. The average molecular weight is 512 g/mol. The largest absolute Gasteiger partial charge is 0.351 e. The first-order chi connectivity index (χ1) is 15.2. The van der Waals surface area contributed by atoms with Gasteiger partial charge in [0.1, 0.15) is 0 Å². The maximum atomic E-state index is 13.4. The van der Waals surface area contributed by atoms with Crippen molar-refractivity contribution < 1.29 is 13.2 Å². The van der Waals surface area contributed by atoms with Crippen LogP contribution in [0.5, 0.6) is 0 Å². The van der Waals surface area contributed by atoms with Gasteiger partial charge in [-0.15, -0.1) is 0 Å². The first kappa shape index (κ1) is 24.6. The Morgan fingerprint density at radius 2 is 1.50 bits per heavy atom. The molecule has 168 valence electrons. The molecule has 0 spiro atoms. The molecule has 0 unspecified atom stereocenters. The zero-order chi connectivity index (χ0) is 23.3. The van der Waals surface area contributed by atoms with Gasteiger partial charge in [-0.1, -0.05) is 70.7 Å². The molecule has 0 saturated carbocycles. The molecule has 0 heterocycles. The molecular weight excluding hydrogens is 491 g/mol. The van der Waals surface area contributed by atoms with Crippen LogP contribution in [0.25, 0.3) is 0 Å². The van der Waals surface area contributed by atoms with Gasteiger partial charge in [0.25, 0.3) is 0 Å². The molecular formula is C23H21Cl3N2O3S. The number of benzene rings is 3. The van der Waals surface area contributed by atoms with Gasteiger partial charge in [0.05, 0.1) is 11.4 Å². The van der Waals surface area contributed by atoms with Gasteiger partial charge >= 0.3 is 0 Å². The highest BCUT2D eigenvalue weighted by Gasteiger charge is 2.28. The number of hydrogen-bond donors (Lipinski definition) is 1. The molecule has 32 heavy (non-hydrogen) atoms. The highest BCUT2D eigenvalue weighted by atomic mass is 35.5. The SMILES string of the molecule is Cc1ccc(S(=O)(=O)N(CC(=O)NCc2ccc(Cl)cc2)Cc2c(Cl)cccc2Cl)cc1. The van der Waals surface area contributed by atoms with Gasteiger partial charge in [-0.2, -0.15) is 4.31 Å². The van der Waals surface area contributed by atoms with E-state index >= 15 is 0 Å². The van der Waals surface area contributed by atoms with E-state index < -0.39 is 22.5 Å². The Balaban J connectivity index is 1.85. The average Bonchev–Trinajstić information content (AvgIpc) is 2.75. The topological polar surface area (TPSA) is 66.5 Å². The molecule has 0 bridgehead atoms. The fourth-order valence-electron chi connectivity index (χ4n) is 2.96. The smallest absolute Gasteiger partial charge is 0.243 e. The molecule has 3 aromatic rings. The normalized spacial score (nSPS) is 11.5. The zero-order valence-electron chi connectivity index (χ0n) is 17.2. The molecule has 0 atom stereocenters. The van der Waals surface area contributed by atoms with Crippen LogP contribution < -0.4 is 5.32 Å². The van der Waals surface area contributed by atoms with Crippen molar-refractivity contribution in [1.29, 1.82) is 0 Å². The Labute approximate surface area is 203 Å². The minimum atomic E-state index is -4.00. The lowest BCUT2D eigenvalue weighted by Gasteiger charge is -2.23. The van der Waals surface area contributed by atoms with Crippen molar-refractivity contribution in [2.45, 2.75) is 24.9 Å². The zero-order valence-corrected chi connectivity index (χ0v) is 20.3. The van der Waals surface area contributed by atoms with E-state index in [4.69, 9.17) is 34.8 Å². The van der Waals surface area contributed by atoms with Crippen LogP contribution in [-0.4, -0.2) is 25.2 Å². The van der Waals surface area contributed by atoms with E-state index in [1.54, 1.807) is 54.6 Å². The van der Waals surface area contributed by atoms with Crippen molar-refractivity contribution >= 4 is 50.7 Å². The Bertz CT molecular complexity index is 1180. The number of carbonyl (C=O) groups excluding carboxylic acids is 1. The second kappa shape index (κ2) is 10.7. The third kappa shape index (κ3) is 6.24. The van der Waals surface area contributed by atoms with Gasteiger partial charge in [0.2, 0.25) is 15.9 Å². The Morgan fingerprint density at radius 3 is 2.09 bits per heavy atom. The van der Waals surface area contributed by atoms with Crippen LogP contribution >= 0.6 is 34.8 Å². The number of nitrogens with one attached hydrogen (secondary N) is 1. The fourth-order valence-corrected chi connectivity index (χ4v) is 4.97. The molecule has 0 aliphatic carbocycles. The van der Waals surface area contributed by atoms with Crippen LogP contribution in [-0.2, 0) is 27.9 Å². The summed E-state index contributed by atoms with van der Waals surface area (Å²) in [6.07, 6.45) is 0. The number of aryl methyl sites for hydroxylation is 1. The van der Waals surface area contributed by atoms with Gasteiger partial charge in [0, 0.05) is 33.7 Å². The van der Waals surface area contributed by atoms with Crippen LogP contribution in [0, 0.1) is 6.92 Å². The standard InChI is InChI=1S/C23H21Cl3N2O3S/c1-16-5-11-19(12-6-16)32(30,31)28(14-20-21(25)3-2-4-22(20)26)15-23(29)27-13-17-7-9-18(24)10-8-17/h2-12H,13-15H2,1H3,(H,27,29). The first-order valence-corrected chi connectivity index (χ1v) is 12.2. The molecule has 1 N–H and O–H groups in total. The van der Waals surface area contributed by atoms with E-state index in [0.29, 0.717) is 20.6 Å². The van der Waals surface area contributed by atoms with E-state index in [9.17, 15) is 13.2 Å². The number of amides is 1. The second-order valence-corrected chi connectivity index (χ2v) is 10.4. The summed E-state index contributed by atoms with van der Waals surface area (Å²) in [5.41, 5.74) is 2.19. The molecule has 3 aromatic carbocycles. The van der Waals surface area contributed by atoms with Crippen LogP contribution in [0.3, 0.4) is 0 Å². The quantitative estimate of drug-likeness (QED) is 0.436. The summed E-state index contributed by atoms with van der Waals surface area (Å²) >= 11 is 18.4. The predicted octanol–water partition coefficient (Wildman–Crippen LogP) is 5.46. The third-order valence-corrected chi connectivity index (χ3v) is 7.54. The molecule has 0 aromatic heterocycles. The highest BCUT2D eigenvalue weighted by molar-refractivity contribution is 7.89. The first-order valence-electron chi connectivity index (χ1n) is 9.67. The fraction of sp³-hybridized carbons (Fsp3) is 0.174. The molecule has 0 aliphatic heterocycles. The minimum absolute atomic E-state index is 0.0803. The lowest BCUT2D eigenvalue weighted by molar-refractivity contribution is -0.121. The number of hydrogen-bond acceptors (Lipinski definition) is 3. The summed E-state index contributed by atoms with van der Waals surface area (Å²) in [5.74, 6) is -0.459. The lowest BCUT2D eigenvalue weighted by atomic mass is 10.2. The van der Waals surface area contributed by atoms with Crippen LogP contribution in [0.2, 0.25) is 15.1 Å². The number of carbonyl (C=O) groups is 1. The Hall–Kier alpha value is -2.09. The molecule has 0 radical (unpaired) electrons. The Morgan fingerprint density at radius 1 is 0.906 bits per heavy atom. The lowest BCUT2D eigenvalue weighted by Crippen LogP contribution is -2.40. The minimum Gasteiger partial charge on any atom is -0.351 e. The molecule has 1 amide bonds. The molecule has 9 heteroatoms. The summed E-state index contributed by atoms with van der Waals surface area (Å²) in [6.45, 7) is 1.55. The van der Waals surface area contributed by atoms with Crippen LogP contribution in [0.1, 0.15) is 16.7 Å². The molecule has 3 rings (SSSR count). The van der Waals surface area contributed by atoms with Gasteiger partial charge in [-0.25, -0.2) is 8.42 Å². The van der Waals surface area contributed by atoms with E-state index in [1.807, 2.05) is 6.92 Å². The van der Waals surface area contributed by atoms with Crippen molar-refractivity contribution in [3.05, 3.63) is 98.5 Å². The summed E-state index contributed by atoms with van der Waals surface area (Å²) < 4.78 is 27.8. The van der Waals surface area contributed by atoms with Gasteiger partial charge in [-0.3, -0.25) is 4.79 Å². The van der Waals surface area contributed by atoms with Gasteiger partial charge in [0.15, 0.2) is 0 Å². The summed E-state index contributed by atoms with van der Waals surface area (Å²) in [4.78, 5) is 12.8. The van der Waals surface area contributed by atoms with Crippen molar-refractivity contribution in [2.24, 2.45) is 0 Å². The summed E-state index contributed by atoms with van der Waals surface area (Å²) in [6, 6.07) is 18.4. The van der Waals surface area contributed by atoms with Crippen LogP contribution in [0.15, 0.2) is 71.6 Å². The predicted molar refractivity (Wildman–Crippen MR) is 129 cm³/mol. The molecule has 0 aliphatic rings. The van der Waals surface area contributed by atoms with Crippen molar-refractivity contribution in [3.8, 4) is 0 Å². The van der Waals surface area contributed by atoms with Crippen LogP contribution in [0.4, 0.5) is 0 Å². The molecule has 0 saturated heterocycles. The monoisotopic (exact) mass is 510 g/mol. The van der Waals surface area contributed by atoms with E-state index in [-0.39, 0.29) is 18.0 Å². The third-order valence-electron chi connectivity index (χ3n) is 4.78. The van der Waals surface area contributed by atoms with Gasteiger partial charge < -0.3 is 5.32 Å². The second-order valence-electron chi connectivity index (χ2n) is 7.19.